The van der Waals surface area contributed by atoms with Crippen molar-refractivity contribution in [3.63, 3.8) is 0 Å². The van der Waals surface area contributed by atoms with Gasteiger partial charge < -0.3 is 25.2 Å². The van der Waals surface area contributed by atoms with Crippen LogP contribution in [0.2, 0.25) is 5.02 Å². The third-order valence-electron chi connectivity index (χ3n) is 7.27. The predicted molar refractivity (Wildman–Crippen MR) is 161 cm³/mol. The second-order valence-electron chi connectivity index (χ2n) is 10.2. The summed E-state index contributed by atoms with van der Waals surface area (Å²) in [5.74, 6) is -0.305. The van der Waals surface area contributed by atoms with Gasteiger partial charge in [-0.25, -0.2) is 0 Å². The van der Waals surface area contributed by atoms with Crippen molar-refractivity contribution in [3.8, 4) is 22.6 Å². The van der Waals surface area contributed by atoms with Crippen LogP contribution in [0.4, 0.5) is 0 Å². The van der Waals surface area contributed by atoms with Crippen LogP contribution in [-0.2, 0) is 24.6 Å². The van der Waals surface area contributed by atoms with Crippen molar-refractivity contribution in [2.75, 3.05) is 6.54 Å². The number of aromatic nitrogens is 1. The summed E-state index contributed by atoms with van der Waals surface area (Å²) < 4.78 is 12.4. The number of hydrogen-bond donors (Lipinski definition) is 3. The van der Waals surface area contributed by atoms with E-state index in [0.29, 0.717) is 59.2 Å². The Labute approximate surface area is 249 Å². The molecule has 0 saturated carbocycles. The molecule has 0 saturated heterocycles. The van der Waals surface area contributed by atoms with Gasteiger partial charge in [0.1, 0.15) is 30.8 Å². The standard InChI is InChI=1S/C33H32ClN3O5/c1-21-24(9-5-10-27(21)23-7-3-2-4-8-23)20-42-31-15-30-25(14-28(31)34)18-37-29(33(39)40)11-6-12-36-32(38)26-13-22(19-41-30)16-35-17-26/h2-5,7-10,13-17,29,37H,6,11-12,18-20H2,1H3,(H,36,38)(H,39,40). The Morgan fingerprint density at radius 1 is 1.10 bits per heavy atom. The lowest BCUT2D eigenvalue weighted by Gasteiger charge is -2.19. The fraction of sp³-hybridized carbons (Fsp3) is 0.242. The van der Waals surface area contributed by atoms with Crippen LogP contribution in [0.3, 0.4) is 0 Å². The molecule has 2 heterocycles. The molecule has 42 heavy (non-hydrogen) atoms. The van der Waals surface area contributed by atoms with Crippen LogP contribution in [0.15, 0.2) is 79.1 Å². The van der Waals surface area contributed by atoms with Crippen LogP contribution in [0.5, 0.6) is 11.5 Å². The first-order valence-electron chi connectivity index (χ1n) is 13.8. The Morgan fingerprint density at radius 2 is 1.93 bits per heavy atom. The summed E-state index contributed by atoms with van der Waals surface area (Å²) in [7, 11) is 0. The summed E-state index contributed by atoms with van der Waals surface area (Å²) >= 11 is 6.68. The Hall–Kier alpha value is -4.40. The first-order valence-corrected chi connectivity index (χ1v) is 14.2. The number of fused-ring (bicyclic) bond motifs is 3. The number of pyridine rings is 1. The summed E-state index contributed by atoms with van der Waals surface area (Å²) in [6, 6.07) is 20.7. The number of rotatable bonds is 5. The number of aliphatic carboxylic acids is 1. The van der Waals surface area contributed by atoms with E-state index in [1.54, 1.807) is 24.4 Å². The van der Waals surface area contributed by atoms with E-state index in [0.717, 1.165) is 22.3 Å². The average molecular weight is 586 g/mol. The van der Waals surface area contributed by atoms with Gasteiger partial charge >= 0.3 is 5.97 Å². The molecule has 5 rings (SSSR count). The van der Waals surface area contributed by atoms with E-state index < -0.39 is 12.0 Å². The molecule has 0 spiro atoms. The highest BCUT2D eigenvalue weighted by Crippen LogP contribution is 2.35. The second kappa shape index (κ2) is 13.5. The lowest BCUT2D eigenvalue weighted by atomic mass is 9.97. The lowest BCUT2D eigenvalue weighted by Crippen LogP contribution is -2.37. The minimum absolute atomic E-state index is 0.142. The zero-order valence-electron chi connectivity index (χ0n) is 23.2. The maximum Gasteiger partial charge on any atom is 0.320 e. The number of carboxylic acids is 1. The minimum atomic E-state index is -0.969. The van der Waals surface area contributed by atoms with E-state index in [1.165, 1.54) is 6.20 Å². The first-order chi connectivity index (χ1) is 20.4. The molecule has 4 aromatic rings. The van der Waals surface area contributed by atoms with Gasteiger partial charge in [0.15, 0.2) is 0 Å². The van der Waals surface area contributed by atoms with E-state index >= 15 is 0 Å². The van der Waals surface area contributed by atoms with Crippen LogP contribution in [0.1, 0.15) is 45.5 Å². The van der Waals surface area contributed by atoms with Gasteiger partial charge in [0.25, 0.3) is 5.91 Å². The number of nitrogens with zero attached hydrogens (tertiary/aromatic N) is 1. The van der Waals surface area contributed by atoms with E-state index in [9.17, 15) is 14.7 Å². The van der Waals surface area contributed by atoms with Crippen molar-refractivity contribution in [2.45, 2.75) is 45.6 Å². The quantitative estimate of drug-likeness (QED) is 0.266. The molecule has 1 aliphatic rings. The van der Waals surface area contributed by atoms with E-state index in [1.807, 2.05) is 30.3 Å². The maximum absolute atomic E-state index is 12.6. The molecule has 0 radical (unpaired) electrons. The molecule has 0 aliphatic carbocycles. The Morgan fingerprint density at radius 3 is 2.74 bits per heavy atom. The molecule has 3 N–H and O–H groups in total. The zero-order chi connectivity index (χ0) is 29.5. The molecule has 9 heteroatoms. The summed E-state index contributed by atoms with van der Waals surface area (Å²) in [5, 5.41) is 16.0. The van der Waals surface area contributed by atoms with E-state index in [-0.39, 0.29) is 19.1 Å². The summed E-state index contributed by atoms with van der Waals surface area (Å²) in [4.78, 5) is 28.7. The molecule has 1 atom stereocenters. The Balaban J connectivity index is 1.41. The number of nitrogens with one attached hydrogen (secondary N) is 2. The minimum Gasteiger partial charge on any atom is -0.488 e. The normalized spacial score (nSPS) is 15.8. The number of carbonyl (C=O) groups is 2. The number of carbonyl (C=O) groups excluding carboxylic acids is 1. The van der Waals surface area contributed by atoms with Gasteiger partial charge in [-0.05, 0) is 54.2 Å². The zero-order valence-corrected chi connectivity index (χ0v) is 24.0. The number of hydrogen-bond acceptors (Lipinski definition) is 6. The molecule has 2 bridgehead atoms. The first kappa shape index (κ1) is 29.1. The maximum atomic E-state index is 12.6. The number of halogens is 1. The highest BCUT2D eigenvalue weighted by atomic mass is 35.5. The SMILES string of the molecule is Cc1c(COc2cc3c(cc2Cl)CNC(C(=O)O)CCCNC(=O)c2cncc(c2)CO3)cccc1-c1ccccc1. The van der Waals surface area contributed by atoms with Crippen LogP contribution in [-0.4, -0.2) is 34.6 Å². The molecule has 1 aromatic heterocycles. The monoisotopic (exact) mass is 585 g/mol. The van der Waals surface area contributed by atoms with Gasteiger partial charge in [-0.2, -0.15) is 0 Å². The van der Waals surface area contributed by atoms with Crippen molar-refractivity contribution < 1.29 is 24.2 Å². The van der Waals surface area contributed by atoms with Gasteiger partial charge in [0.05, 0.1) is 10.6 Å². The Bertz CT molecular complexity index is 1580. The van der Waals surface area contributed by atoms with Gasteiger partial charge in [0.2, 0.25) is 0 Å². The lowest BCUT2D eigenvalue weighted by molar-refractivity contribution is -0.139. The summed E-state index contributed by atoms with van der Waals surface area (Å²) in [6.07, 6.45) is 3.96. The van der Waals surface area contributed by atoms with Crippen LogP contribution >= 0.6 is 11.6 Å². The van der Waals surface area contributed by atoms with Crippen molar-refractivity contribution >= 4 is 23.5 Å². The molecule has 216 valence electrons. The molecule has 1 amide bonds. The van der Waals surface area contributed by atoms with Crippen LogP contribution < -0.4 is 20.1 Å². The Kier molecular flexibility index (Phi) is 9.36. The fourth-order valence-electron chi connectivity index (χ4n) is 4.89. The van der Waals surface area contributed by atoms with E-state index in [4.69, 9.17) is 21.1 Å². The van der Waals surface area contributed by atoms with Gasteiger partial charge in [-0.3, -0.25) is 14.6 Å². The molecular weight excluding hydrogens is 554 g/mol. The smallest absolute Gasteiger partial charge is 0.320 e. The number of ether oxygens (including phenoxy) is 2. The largest absolute Gasteiger partial charge is 0.488 e. The molecule has 3 aromatic carbocycles. The highest BCUT2D eigenvalue weighted by Gasteiger charge is 2.20. The number of benzene rings is 3. The van der Waals surface area contributed by atoms with Crippen molar-refractivity contribution in [3.05, 3.63) is 112 Å². The van der Waals surface area contributed by atoms with E-state index in [2.05, 4.69) is 40.7 Å². The van der Waals surface area contributed by atoms with Gasteiger partial charge in [-0.1, -0.05) is 60.1 Å². The summed E-state index contributed by atoms with van der Waals surface area (Å²) in [5.41, 5.74) is 6.22. The number of carboxylic acid groups (broad SMARTS) is 1. The molecule has 1 aliphatic heterocycles. The molecule has 8 nitrogen and oxygen atoms in total. The van der Waals surface area contributed by atoms with Crippen LogP contribution in [0.25, 0.3) is 11.1 Å². The topological polar surface area (TPSA) is 110 Å². The summed E-state index contributed by atoms with van der Waals surface area (Å²) in [6.45, 7) is 3.08. The third kappa shape index (κ3) is 7.08. The van der Waals surface area contributed by atoms with Crippen molar-refractivity contribution in [2.24, 2.45) is 0 Å². The molecule has 1 unspecified atom stereocenters. The molecular formula is C33H32ClN3O5. The van der Waals surface area contributed by atoms with Gasteiger partial charge in [0, 0.05) is 42.7 Å². The fourth-order valence-corrected chi connectivity index (χ4v) is 5.13. The van der Waals surface area contributed by atoms with Gasteiger partial charge in [-0.15, -0.1) is 0 Å². The predicted octanol–water partition coefficient (Wildman–Crippen LogP) is 5.93. The van der Waals surface area contributed by atoms with Crippen molar-refractivity contribution in [1.29, 1.82) is 0 Å². The average Bonchev–Trinajstić information content (AvgIpc) is 3.00. The molecule has 0 fully saturated rings. The second-order valence-corrected chi connectivity index (χ2v) is 10.6. The van der Waals surface area contributed by atoms with Crippen LogP contribution in [0, 0.1) is 6.92 Å². The highest BCUT2D eigenvalue weighted by molar-refractivity contribution is 6.32. The van der Waals surface area contributed by atoms with Crippen molar-refractivity contribution in [1.82, 2.24) is 15.6 Å². The third-order valence-corrected chi connectivity index (χ3v) is 7.57. The number of amides is 1.